The van der Waals surface area contributed by atoms with Crippen molar-refractivity contribution in [1.29, 1.82) is 0 Å². The standard InChI is InChI=1S/C13H15ClN4O2/c1-3-11-16-12(18-17-11)13(19)15-8-5-6-10(20-4-2)9(14)7-8/h5-7H,3-4H2,1-2H3,(H,15,19)(H,16,17,18). The van der Waals surface area contributed by atoms with Crippen molar-refractivity contribution in [2.24, 2.45) is 0 Å². The lowest BCUT2D eigenvalue weighted by molar-refractivity contribution is 0.101. The Labute approximate surface area is 121 Å². The van der Waals surface area contributed by atoms with Crippen LogP contribution < -0.4 is 10.1 Å². The summed E-state index contributed by atoms with van der Waals surface area (Å²) < 4.78 is 5.32. The molecular formula is C13H15ClN4O2. The van der Waals surface area contributed by atoms with Gasteiger partial charge in [0.15, 0.2) is 0 Å². The van der Waals surface area contributed by atoms with E-state index < -0.39 is 0 Å². The second-order valence-corrected chi connectivity index (χ2v) is 4.40. The number of aromatic amines is 1. The Morgan fingerprint density at radius 3 is 2.85 bits per heavy atom. The quantitative estimate of drug-likeness (QED) is 0.888. The van der Waals surface area contributed by atoms with Crippen LogP contribution in [0.15, 0.2) is 18.2 Å². The number of aryl methyl sites for hydroxylation is 1. The molecule has 0 radical (unpaired) electrons. The van der Waals surface area contributed by atoms with Crippen LogP contribution in [0.5, 0.6) is 5.75 Å². The summed E-state index contributed by atoms with van der Waals surface area (Å²) in [6.07, 6.45) is 0.690. The Morgan fingerprint density at radius 2 is 2.25 bits per heavy atom. The number of amides is 1. The second kappa shape index (κ2) is 6.38. The van der Waals surface area contributed by atoms with Gasteiger partial charge in [-0.1, -0.05) is 18.5 Å². The summed E-state index contributed by atoms with van der Waals surface area (Å²) in [4.78, 5) is 16.0. The lowest BCUT2D eigenvalue weighted by Crippen LogP contribution is -2.13. The molecule has 2 N–H and O–H groups in total. The topological polar surface area (TPSA) is 79.9 Å². The number of halogens is 1. The summed E-state index contributed by atoms with van der Waals surface area (Å²) in [7, 11) is 0. The van der Waals surface area contributed by atoms with Crippen molar-refractivity contribution in [3.8, 4) is 5.75 Å². The number of H-pyrrole nitrogens is 1. The molecule has 0 aliphatic heterocycles. The van der Waals surface area contributed by atoms with Crippen LogP contribution in [0.4, 0.5) is 5.69 Å². The molecule has 0 fully saturated rings. The van der Waals surface area contributed by atoms with Crippen molar-refractivity contribution < 1.29 is 9.53 Å². The van der Waals surface area contributed by atoms with Gasteiger partial charge in [0.05, 0.1) is 11.6 Å². The Balaban J connectivity index is 2.09. The Bertz CT molecular complexity index is 612. The summed E-state index contributed by atoms with van der Waals surface area (Å²) in [6, 6.07) is 5.04. The number of hydrogen-bond acceptors (Lipinski definition) is 4. The largest absolute Gasteiger partial charge is 0.492 e. The number of benzene rings is 1. The maximum Gasteiger partial charge on any atom is 0.295 e. The molecule has 0 saturated carbocycles. The molecular weight excluding hydrogens is 280 g/mol. The first-order valence-corrected chi connectivity index (χ1v) is 6.66. The molecule has 0 unspecified atom stereocenters. The van der Waals surface area contributed by atoms with Gasteiger partial charge in [0.1, 0.15) is 11.6 Å². The Kier molecular flexibility index (Phi) is 4.57. The smallest absolute Gasteiger partial charge is 0.295 e. The van der Waals surface area contributed by atoms with Crippen molar-refractivity contribution in [3.63, 3.8) is 0 Å². The molecule has 0 bridgehead atoms. The molecule has 0 spiro atoms. The van der Waals surface area contributed by atoms with Crippen LogP contribution in [-0.4, -0.2) is 27.7 Å². The van der Waals surface area contributed by atoms with E-state index in [1.54, 1.807) is 18.2 Å². The van der Waals surface area contributed by atoms with E-state index in [4.69, 9.17) is 16.3 Å². The van der Waals surface area contributed by atoms with Gasteiger partial charge in [-0.3, -0.25) is 9.89 Å². The number of hydrogen-bond donors (Lipinski definition) is 2. The van der Waals surface area contributed by atoms with Gasteiger partial charge in [0.25, 0.3) is 5.91 Å². The van der Waals surface area contributed by atoms with Crippen LogP contribution in [0.25, 0.3) is 0 Å². The van der Waals surface area contributed by atoms with Crippen LogP contribution in [0, 0.1) is 0 Å². The number of carbonyl (C=O) groups is 1. The molecule has 2 rings (SSSR count). The highest BCUT2D eigenvalue weighted by Crippen LogP contribution is 2.27. The number of ether oxygens (including phenoxy) is 1. The SMILES string of the molecule is CCOc1ccc(NC(=O)c2n[nH]c(CC)n2)cc1Cl. The van der Waals surface area contributed by atoms with E-state index in [2.05, 4.69) is 20.5 Å². The van der Waals surface area contributed by atoms with E-state index in [-0.39, 0.29) is 11.7 Å². The molecule has 0 saturated heterocycles. The number of nitrogens with one attached hydrogen (secondary N) is 2. The first kappa shape index (κ1) is 14.3. The summed E-state index contributed by atoms with van der Waals surface area (Å²) in [5, 5.41) is 9.66. The van der Waals surface area contributed by atoms with E-state index in [0.29, 0.717) is 35.3 Å². The van der Waals surface area contributed by atoms with Crippen LogP contribution in [-0.2, 0) is 6.42 Å². The molecule has 1 aromatic carbocycles. The zero-order valence-electron chi connectivity index (χ0n) is 11.2. The first-order chi connectivity index (χ1) is 9.63. The van der Waals surface area contributed by atoms with Gasteiger partial charge in [-0.2, -0.15) is 0 Å². The van der Waals surface area contributed by atoms with Crippen molar-refractivity contribution in [1.82, 2.24) is 15.2 Å². The van der Waals surface area contributed by atoms with Crippen LogP contribution in [0.3, 0.4) is 0 Å². The molecule has 6 nitrogen and oxygen atoms in total. The van der Waals surface area contributed by atoms with Crippen LogP contribution >= 0.6 is 11.6 Å². The van der Waals surface area contributed by atoms with Gasteiger partial charge in [-0.05, 0) is 25.1 Å². The minimum absolute atomic E-state index is 0.104. The second-order valence-electron chi connectivity index (χ2n) is 3.99. The molecule has 106 valence electrons. The van der Waals surface area contributed by atoms with Gasteiger partial charge in [0.2, 0.25) is 5.82 Å². The first-order valence-electron chi connectivity index (χ1n) is 6.29. The van der Waals surface area contributed by atoms with Gasteiger partial charge in [0, 0.05) is 12.1 Å². The predicted molar refractivity (Wildman–Crippen MR) is 76.3 cm³/mol. The van der Waals surface area contributed by atoms with Gasteiger partial charge in [-0.25, -0.2) is 4.98 Å². The van der Waals surface area contributed by atoms with Crippen LogP contribution in [0.1, 0.15) is 30.3 Å². The summed E-state index contributed by atoms with van der Waals surface area (Å²) >= 11 is 6.05. The van der Waals surface area contributed by atoms with Crippen molar-refractivity contribution in [3.05, 3.63) is 34.9 Å². The molecule has 0 atom stereocenters. The molecule has 0 aliphatic carbocycles. The average Bonchev–Trinajstić information content (AvgIpc) is 2.91. The highest BCUT2D eigenvalue weighted by molar-refractivity contribution is 6.32. The fraction of sp³-hybridized carbons (Fsp3) is 0.308. The van der Waals surface area contributed by atoms with Crippen LogP contribution in [0.2, 0.25) is 5.02 Å². The summed E-state index contributed by atoms with van der Waals surface area (Å²) in [5.74, 6) is 0.964. The molecule has 1 amide bonds. The monoisotopic (exact) mass is 294 g/mol. The van der Waals surface area contributed by atoms with Gasteiger partial charge in [-0.15, -0.1) is 5.10 Å². The summed E-state index contributed by atoms with van der Waals surface area (Å²) in [5.41, 5.74) is 0.561. The highest BCUT2D eigenvalue weighted by atomic mass is 35.5. The molecule has 0 aliphatic rings. The molecule has 7 heteroatoms. The minimum Gasteiger partial charge on any atom is -0.492 e. The third-order valence-corrected chi connectivity index (χ3v) is 2.85. The average molecular weight is 295 g/mol. The third kappa shape index (κ3) is 3.27. The van der Waals surface area contributed by atoms with E-state index in [1.807, 2.05) is 13.8 Å². The number of aromatic nitrogens is 3. The number of rotatable bonds is 5. The van der Waals surface area contributed by atoms with E-state index in [9.17, 15) is 4.79 Å². The van der Waals surface area contributed by atoms with Crippen molar-refractivity contribution in [2.75, 3.05) is 11.9 Å². The molecule has 2 aromatic rings. The van der Waals surface area contributed by atoms with Gasteiger partial charge < -0.3 is 10.1 Å². The van der Waals surface area contributed by atoms with Gasteiger partial charge >= 0.3 is 0 Å². The lowest BCUT2D eigenvalue weighted by Gasteiger charge is -2.08. The van der Waals surface area contributed by atoms with Crippen molar-refractivity contribution >= 4 is 23.2 Å². The van der Waals surface area contributed by atoms with Crippen molar-refractivity contribution in [2.45, 2.75) is 20.3 Å². The van der Waals surface area contributed by atoms with E-state index in [0.717, 1.165) is 0 Å². The number of nitrogens with zero attached hydrogens (tertiary/aromatic N) is 2. The maximum atomic E-state index is 11.9. The maximum absolute atomic E-state index is 11.9. The zero-order valence-corrected chi connectivity index (χ0v) is 12.0. The lowest BCUT2D eigenvalue weighted by atomic mass is 10.3. The zero-order chi connectivity index (χ0) is 14.5. The minimum atomic E-state index is -0.388. The highest BCUT2D eigenvalue weighted by Gasteiger charge is 2.13. The van der Waals surface area contributed by atoms with E-state index in [1.165, 1.54) is 0 Å². The molecule has 1 aromatic heterocycles. The molecule has 20 heavy (non-hydrogen) atoms. The Morgan fingerprint density at radius 1 is 1.45 bits per heavy atom. The predicted octanol–water partition coefficient (Wildman–Crippen LogP) is 2.67. The number of carbonyl (C=O) groups excluding carboxylic acids is 1. The van der Waals surface area contributed by atoms with E-state index >= 15 is 0 Å². The normalized spacial score (nSPS) is 10.3. The molecule has 1 heterocycles. The summed E-state index contributed by atoms with van der Waals surface area (Å²) in [6.45, 7) is 4.33. The fourth-order valence-electron chi connectivity index (χ4n) is 1.59. The fourth-order valence-corrected chi connectivity index (χ4v) is 1.83. The Hall–Kier alpha value is -2.08. The number of anilines is 1. The third-order valence-electron chi connectivity index (χ3n) is 2.56.